The van der Waals surface area contributed by atoms with Crippen molar-refractivity contribution < 1.29 is 24.2 Å². The molecule has 0 saturated carbocycles. The third-order valence-corrected chi connectivity index (χ3v) is 2.63. The minimum absolute atomic E-state index is 0.172. The number of nitriles is 1. The summed E-state index contributed by atoms with van der Waals surface area (Å²) < 4.78 is 10.3. The maximum Gasteiger partial charge on any atom is 0.408 e. The van der Waals surface area contributed by atoms with Crippen LogP contribution in [-0.2, 0) is 20.9 Å². The molecule has 0 aliphatic carbocycles. The molecule has 7 nitrogen and oxygen atoms in total. The number of rotatable bonds is 6. The summed E-state index contributed by atoms with van der Waals surface area (Å²) in [6.45, 7) is 5.03. The lowest BCUT2D eigenvalue weighted by molar-refractivity contribution is -0.141. The third-order valence-electron chi connectivity index (χ3n) is 2.63. The maximum atomic E-state index is 11.6. The molecule has 0 radical (unpaired) electrons. The Morgan fingerprint density at radius 1 is 1.30 bits per heavy atom. The quantitative estimate of drug-likeness (QED) is 0.830. The molecule has 1 aromatic rings. The van der Waals surface area contributed by atoms with Crippen LogP contribution in [0.5, 0.6) is 0 Å². The average molecular weight is 320 g/mol. The van der Waals surface area contributed by atoms with Gasteiger partial charge >= 0.3 is 12.1 Å². The smallest absolute Gasteiger partial charge is 0.408 e. The van der Waals surface area contributed by atoms with Gasteiger partial charge in [-0.2, -0.15) is 5.26 Å². The summed E-state index contributed by atoms with van der Waals surface area (Å²) in [6.07, 6.45) is -0.813. The number of hydrogen-bond donors (Lipinski definition) is 2. The number of alkyl carbamates (subject to hydrolysis) is 1. The Hall–Kier alpha value is -2.59. The SMILES string of the molecule is CC(C)(C)OC(=O)N[C@@H](COCc1ccc(C#N)cc1)C(=O)O. The lowest BCUT2D eigenvalue weighted by Crippen LogP contribution is -2.46. The van der Waals surface area contributed by atoms with Gasteiger partial charge in [0.2, 0.25) is 0 Å². The van der Waals surface area contributed by atoms with Gasteiger partial charge in [-0.3, -0.25) is 0 Å². The largest absolute Gasteiger partial charge is 0.480 e. The monoisotopic (exact) mass is 320 g/mol. The van der Waals surface area contributed by atoms with E-state index in [-0.39, 0.29) is 13.2 Å². The molecular formula is C16H20N2O5. The lowest BCUT2D eigenvalue weighted by Gasteiger charge is -2.22. The van der Waals surface area contributed by atoms with E-state index in [9.17, 15) is 9.59 Å². The van der Waals surface area contributed by atoms with Crippen molar-refractivity contribution in [2.75, 3.05) is 6.61 Å². The Bertz CT molecular complexity index is 584. The molecule has 0 saturated heterocycles. The first-order chi connectivity index (χ1) is 10.7. The van der Waals surface area contributed by atoms with Gasteiger partial charge in [-0.15, -0.1) is 0 Å². The van der Waals surface area contributed by atoms with Crippen molar-refractivity contribution >= 4 is 12.1 Å². The molecule has 124 valence electrons. The first-order valence-corrected chi connectivity index (χ1v) is 7.00. The lowest BCUT2D eigenvalue weighted by atomic mass is 10.2. The Morgan fingerprint density at radius 2 is 1.91 bits per heavy atom. The molecule has 0 aliphatic rings. The molecule has 0 unspecified atom stereocenters. The normalized spacial score (nSPS) is 12.1. The zero-order valence-corrected chi connectivity index (χ0v) is 13.3. The van der Waals surface area contributed by atoms with Gasteiger partial charge in [0.15, 0.2) is 6.04 Å². The highest BCUT2D eigenvalue weighted by Crippen LogP contribution is 2.08. The zero-order chi connectivity index (χ0) is 17.5. The summed E-state index contributed by atoms with van der Waals surface area (Å²) in [6, 6.07) is 7.52. The van der Waals surface area contributed by atoms with Crippen LogP contribution in [0.3, 0.4) is 0 Å². The van der Waals surface area contributed by atoms with Crippen molar-refractivity contribution in [3.05, 3.63) is 35.4 Å². The van der Waals surface area contributed by atoms with Gasteiger partial charge in [0, 0.05) is 0 Å². The molecule has 1 amide bonds. The summed E-state index contributed by atoms with van der Waals surface area (Å²) in [5, 5.41) is 20.1. The number of ether oxygens (including phenoxy) is 2. The van der Waals surface area contributed by atoms with Crippen LogP contribution in [0.4, 0.5) is 4.79 Å². The predicted molar refractivity (Wildman–Crippen MR) is 81.6 cm³/mol. The fourth-order valence-electron chi connectivity index (χ4n) is 1.59. The Kier molecular flexibility index (Phi) is 6.54. The Labute approximate surface area is 134 Å². The molecule has 0 heterocycles. The van der Waals surface area contributed by atoms with E-state index in [1.54, 1.807) is 45.0 Å². The van der Waals surface area contributed by atoms with Crippen LogP contribution in [0.1, 0.15) is 31.9 Å². The summed E-state index contributed by atoms with van der Waals surface area (Å²) in [7, 11) is 0. The number of hydrogen-bond acceptors (Lipinski definition) is 5. The van der Waals surface area contributed by atoms with Crippen molar-refractivity contribution in [3.63, 3.8) is 0 Å². The summed E-state index contributed by atoms with van der Waals surface area (Å²) in [5.41, 5.74) is 0.616. The Morgan fingerprint density at radius 3 is 2.39 bits per heavy atom. The molecule has 1 rings (SSSR count). The number of nitrogens with one attached hydrogen (secondary N) is 1. The molecule has 2 N–H and O–H groups in total. The molecule has 1 aromatic carbocycles. The van der Waals surface area contributed by atoms with Gasteiger partial charge in [0.05, 0.1) is 24.8 Å². The summed E-state index contributed by atoms with van der Waals surface area (Å²) in [5.74, 6) is -1.21. The number of amides is 1. The minimum atomic E-state index is -1.21. The molecule has 23 heavy (non-hydrogen) atoms. The van der Waals surface area contributed by atoms with Gasteiger partial charge in [-0.25, -0.2) is 9.59 Å². The minimum Gasteiger partial charge on any atom is -0.480 e. The standard InChI is InChI=1S/C16H20N2O5/c1-16(2,3)23-15(21)18-13(14(19)20)10-22-9-12-6-4-11(8-17)5-7-12/h4-7,13H,9-10H2,1-3H3,(H,18,21)(H,19,20)/t13-/m0/s1. The van der Waals surface area contributed by atoms with Gasteiger partial charge in [0.25, 0.3) is 0 Å². The predicted octanol–water partition coefficient (Wildman–Crippen LogP) is 2.05. The molecule has 0 bridgehead atoms. The highest BCUT2D eigenvalue weighted by Gasteiger charge is 2.24. The van der Waals surface area contributed by atoms with Gasteiger partial charge in [-0.05, 0) is 38.5 Å². The van der Waals surface area contributed by atoms with Crippen LogP contribution < -0.4 is 5.32 Å². The highest BCUT2D eigenvalue weighted by molar-refractivity contribution is 5.80. The van der Waals surface area contributed by atoms with Crippen molar-refractivity contribution in [2.45, 2.75) is 39.0 Å². The molecule has 7 heteroatoms. The van der Waals surface area contributed by atoms with Crippen LogP contribution in [0, 0.1) is 11.3 Å². The number of carbonyl (C=O) groups is 2. The van der Waals surface area contributed by atoms with E-state index in [2.05, 4.69) is 5.32 Å². The van der Waals surface area contributed by atoms with Crippen LogP contribution >= 0.6 is 0 Å². The molecule has 0 fully saturated rings. The van der Waals surface area contributed by atoms with E-state index in [0.717, 1.165) is 5.56 Å². The molecule has 0 spiro atoms. The number of carboxylic acid groups (broad SMARTS) is 1. The van der Waals surface area contributed by atoms with Crippen molar-refractivity contribution in [1.82, 2.24) is 5.32 Å². The van der Waals surface area contributed by atoms with E-state index in [4.69, 9.17) is 19.8 Å². The summed E-state index contributed by atoms with van der Waals surface area (Å²) in [4.78, 5) is 22.7. The van der Waals surface area contributed by atoms with Crippen molar-refractivity contribution in [1.29, 1.82) is 5.26 Å². The van der Waals surface area contributed by atoms with Crippen LogP contribution in [0.2, 0.25) is 0 Å². The molecule has 0 aliphatic heterocycles. The second kappa shape index (κ2) is 8.15. The first-order valence-electron chi connectivity index (χ1n) is 7.00. The third kappa shape index (κ3) is 7.29. The van der Waals surface area contributed by atoms with Gasteiger partial charge < -0.3 is 19.9 Å². The fraction of sp³-hybridized carbons (Fsp3) is 0.438. The topological polar surface area (TPSA) is 109 Å². The number of aliphatic carboxylic acids is 1. The first kappa shape index (κ1) is 18.5. The van der Waals surface area contributed by atoms with E-state index < -0.39 is 23.7 Å². The van der Waals surface area contributed by atoms with E-state index in [1.165, 1.54) is 0 Å². The van der Waals surface area contributed by atoms with Crippen LogP contribution in [0.25, 0.3) is 0 Å². The molecular weight excluding hydrogens is 300 g/mol. The highest BCUT2D eigenvalue weighted by atomic mass is 16.6. The van der Waals surface area contributed by atoms with Gasteiger partial charge in [0.1, 0.15) is 5.60 Å². The second-order valence-corrected chi connectivity index (χ2v) is 5.86. The number of benzene rings is 1. The van der Waals surface area contributed by atoms with E-state index >= 15 is 0 Å². The van der Waals surface area contributed by atoms with Crippen LogP contribution in [-0.4, -0.2) is 35.4 Å². The number of carboxylic acids is 1. The van der Waals surface area contributed by atoms with E-state index in [1.807, 2.05) is 6.07 Å². The Balaban J connectivity index is 2.48. The van der Waals surface area contributed by atoms with Crippen LogP contribution in [0.15, 0.2) is 24.3 Å². The van der Waals surface area contributed by atoms with Crippen molar-refractivity contribution in [3.8, 4) is 6.07 Å². The molecule has 0 aromatic heterocycles. The maximum absolute atomic E-state index is 11.6. The number of carbonyl (C=O) groups excluding carboxylic acids is 1. The van der Waals surface area contributed by atoms with Gasteiger partial charge in [-0.1, -0.05) is 12.1 Å². The zero-order valence-electron chi connectivity index (χ0n) is 13.3. The van der Waals surface area contributed by atoms with Crippen molar-refractivity contribution in [2.24, 2.45) is 0 Å². The second-order valence-electron chi connectivity index (χ2n) is 5.86. The average Bonchev–Trinajstić information content (AvgIpc) is 2.44. The summed E-state index contributed by atoms with van der Waals surface area (Å²) >= 11 is 0. The number of nitrogens with zero attached hydrogens (tertiary/aromatic N) is 1. The van der Waals surface area contributed by atoms with E-state index in [0.29, 0.717) is 5.56 Å². The fourth-order valence-corrected chi connectivity index (χ4v) is 1.59. The molecule has 1 atom stereocenters.